The van der Waals surface area contributed by atoms with Gasteiger partial charge in [-0.15, -0.1) is 0 Å². The Morgan fingerprint density at radius 1 is 1.21 bits per heavy atom. The highest BCUT2D eigenvalue weighted by atomic mass is 32.2. The van der Waals surface area contributed by atoms with Crippen LogP contribution in [0.25, 0.3) is 0 Å². The quantitative estimate of drug-likeness (QED) is 0.839. The van der Waals surface area contributed by atoms with Gasteiger partial charge in [0.25, 0.3) is 0 Å². The summed E-state index contributed by atoms with van der Waals surface area (Å²) in [6, 6.07) is 7.29. The molecular weight excluding hydrogens is 264 g/mol. The molecule has 1 saturated heterocycles. The highest BCUT2D eigenvalue weighted by Gasteiger charge is 2.17. The molecule has 0 spiro atoms. The van der Waals surface area contributed by atoms with Crippen LogP contribution in [0.3, 0.4) is 0 Å². The van der Waals surface area contributed by atoms with Crippen LogP contribution in [0.15, 0.2) is 29.2 Å². The number of hydrogen-bond donors (Lipinski definition) is 2. The first kappa shape index (κ1) is 14.3. The molecule has 1 aliphatic heterocycles. The lowest BCUT2D eigenvalue weighted by atomic mass is 10.2. The predicted octanol–water partition coefficient (Wildman–Crippen LogP) is 0.419. The molecule has 0 radical (unpaired) electrons. The Labute approximate surface area is 114 Å². The molecule has 2 rings (SSSR count). The summed E-state index contributed by atoms with van der Waals surface area (Å²) in [6.07, 6.45) is 1.20. The molecule has 2 N–H and O–H groups in total. The summed E-state index contributed by atoms with van der Waals surface area (Å²) in [5.74, 6) is 0.688. The minimum absolute atomic E-state index is 0.283. The summed E-state index contributed by atoms with van der Waals surface area (Å²) < 4.78 is 28.3. The largest absolute Gasteiger partial charge is 0.492 e. The van der Waals surface area contributed by atoms with Crippen LogP contribution >= 0.6 is 0 Å². The molecule has 5 nitrogen and oxygen atoms in total. The van der Waals surface area contributed by atoms with E-state index in [0.29, 0.717) is 23.3 Å². The van der Waals surface area contributed by atoms with Gasteiger partial charge in [-0.1, -0.05) is 0 Å². The Bertz CT molecular complexity index is 505. The number of nitrogens with one attached hydrogen (secondary N) is 2. The average molecular weight is 284 g/mol. The molecule has 0 saturated carbocycles. The molecule has 1 aromatic carbocycles. The normalized spacial score (nSPS) is 24.1. The first-order chi connectivity index (χ1) is 8.95. The number of hydrogen-bond acceptors (Lipinski definition) is 5. The molecule has 6 heteroatoms. The van der Waals surface area contributed by atoms with Crippen LogP contribution in [0, 0.1) is 0 Å². The van der Waals surface area contributed by atoms with Crippen molar-refractivity contribution in [2.45, 2.75) is 23.9 Å². The Hall–Kier alpha value is -1.11. The summed E-state index contributed by atoms with van der Waals surface area (Å²) in [5, 5.41) is 6.77. The van der Waals surface area contributed by atoms with Crippen LogP contribution < -0.4 is 15.4 Å². The van der Waals surface area contributed by atoms with E-state index in [1.165, 1.54) is 6.26 Å². The van der Waals surface area contributed by atoms with E-state index < -0.39 is 9.84 Å². The standard InChI is InChI=1S/C13H20N2O3S/c1-10-7-15-11(8-14-10)9-18-12-3-5-13(6-4-12)19(2,16)17/h3-6,10-11,14-15H,7-9H2,1-2H3. The molecule has 106 valence electrons. The summed E-state index contributed by atoms with van der Waals surface area (Å²) in [6.45, 7) is 4.51. The second-order valence-electron chi connectivity index (χ2n) is 4.97. The van der Waals surface area contributed by atoms with Crippen molar-refractivity contribution in [3.8, 4) is 5.75 Å². The van der Waals surface area contributed by atoms with E-state index in [1.807, 2.05) is 0 Å². The van der Waals surface area contributed by atoms with Gasteiger partial charge in [0.1, 0.15) is 12.4 Å². The molecule has 1 aliphatic rings. The van der Waals surface area contributed by atoms with Gasteiger partial charge in [-0.05, 0) is 31.2 Å². The fourth-order valence-electron chi connectivity index (χ4n) is 1.93. The lowest BCUT2D eigenvalue weighted by Gasteiger charge is -2.29. The average Bonchev–Trinajstić information content (AvgIpc) is 2.37. The topological polar surface area (TPSA) is 67.4 Å². The van der Waals surface area contributed by atoms with Crippen molar-refractivity contribution < 1.29 is 13.2 Å². The second-order valence-corrected chi connectivity index (χ2v) is 6.98. The van der Waals surface area contributed by atoms with Crippen molar-refractivity contribution in [2.75, 3.05) is 26.0 Å². The van der Waals surface area contributed by atoms with Crippen LogP contribution in [0.5, 0.6) is 5.75 Å². The van der Waals surface area contributed by atoms with Crippen LogP contribution in [0.1, 0.15) is 6.92 Å². The molecule has 0 aliphatic carbocycles. The lowest BCUT2D eigenvalue weighted by Crippen LogP contribution is -2.55. The Morgan fingerprint density at radius 3 is 2.42 bits per heavy atom. The smallest absolute Gasteiger partial charge is 0.175 e. The maximum absolute atomic E-state index is 11.3. The van der Waals surface area contributed by atoms with Crippen LogP contribution in [-0.2, 0) is 9.84 Å². The van der Waals surface area contributed by atoms with Gasteiger partial charge >= 0.3 is 0 Å². The molecule has 2 atom stereocenters. The summed E-state index contributed by atoms with van der Waals surface area (Å²) in [4.78, 5) is 0.311. The fourth-order valence-corrected chi connectivity index (χ4v) is 2.56. The molecule has 0 bridgehead atoms. The van der Waals surface area contributed by atoms with Gasteiger partial charge in [0.05, 0.1) is 10.9 Å². The van der Waals surface area contributed by atoms with E-state index in [1.54, 1.807) is 24.3 Å². The Morgan fingerprint density at radius 2 is 1.89 bits per heavy atom. The van der Waals surface area contributed by atoms with Crippen LogP contribution in [0.4, 0.5) is 0 Å². The third kappa shape index (κ3) is 4.19. The van der Waals surface area contributed by atoms with Crippen molar-refractivity contribution >= 4 is 9.84 Å². The van der Waals surface area contributed by atoms with Crippen LogP contribution in [0.2, 0.25) is 0 Å². The fraction of sp³-hybridized carbons (Fsp3) is 0.538. The van der Waals surface area contributed by atoms with Gasteiger partial charge in [0.2, 0.25) is 0 Å². The van der Waals surface area contributed by atoms with Crippen molar-refractivity contribution in [1.82, 2.24) is 10.6 Å². The number of rotatable bonds is 4. The first-order valence-electron chi connectivity index (χ1n) is 6.35. The van der Waals surface area contributed by atoms with Gasteiger partial charge in [-0.3, -0.25) is 0 Å². The van der Waals surface area contributed by atoms with E-state index in [-0.39, 0.29) is 6.04 Å². The zero-order chi connectivity index (χ0) is 13.9. The zero-order valence-corrected chi connectivity index (χ0v) is 12.0. The molecule has 1 aromatic rings. The maximum Gasteiger partial charge on any atom is 0.175 e. The zero-order valence-electron chi connectivity index (χ0n) is 11.2. The highest BCUT2D eigenvalue weighted by molar-refractivity contribution is 7.90. The minimum atomic E-state index is -3.14. The molecule has 1 fully saturated rings. The molecule has 19 heavy (non-hydrogen) atoms. The van der Waals surface area contributed by atoms with Gasteiger partial charge < -0.3 is 15.4 Å². The number of piperazine rings is 1. The van der Waals surface area contributed by atoms with Crippen molar-refractivity contribution in [3.63, 3.8) is 0 Å². The first-order valence-corrected chi connectivity index (χ1v) is 8.24. The molecule has 2 unspecified atom stereocenters. The molecule has 1 heterocycles. The van der Waals surface area contributed by atoms with E-state index in [9.17, 15) is 8.42 Å². The van der Waals surface area contributed by atoms with Crippen molar-refractivity contribution in [3.05, 3.63) is 24.3 Å². The van der Waals surface area contributed by atoms with Gasteiger partial charge in [0, 0.05) is 25.4 Å². The SMILES string of the molecule is CC1CNC(COc2ccc(S(C)(=O)=O)cc2)CN1. The Kier molecular flexibility index (Phi) is 4.44. The predicted molar refractivity (Wildman–Crippen MR) is 74.3 cm³/mol. The molecule has 0 aromatic heterocycles. The lowest BCUT2D eigenvalue weighted by molar-refractivity contribution is 0.233. The maximum atomic E-state index is 11.3. The minimum Gasteiger partial charge on any atom is -0.492 e. The second kappa shape index (κ2) is 5.90. The molecule has 0 amide bonds. The summed E-state index contributed by atoms with van der Waals surface area (Å²) in [5.41, 5.74) is 0. The van der Waals surface area contributed by atoms with Crippen molar-refractivity contribution in [1.29, 1.82) is 0 Å². The van der Waals surface area contributed by atoms with Gasteiger partial charge in [-0.25, -0.2) is 8.42 Å². The van der Waals surface area contributed by atoms with Crippen LogP contribution in [-0.4, -0.2) is 46.5 Å². The van der Waals surface area contributed by atoms with Gasteiger partial charge in [-0.2, -0.15) is 0 Å². The number of benzene rings is 1. The van der Waals surface area contributed by atoms with Crippen molar-refractivity contribution in [2.24, 2.45) is 0 Å². The number of ether oxygens (including phenoxy) is 1. The van der Waals surface area contributed by atoms with E-state index in [0.717, 1.165) is 13.1 Å². The summed E-state index contributed by atoms with van der Waals surface area (Å²) in [7, 11) is -3.14. The monoisotopic (exact) mass is 284 g/mol. The summed E-state index contributed by atoms with van der Waals surface area (Å²) >= 11 is 0. The Balaban J connectivity index is 1.87. The third-order valence-corrected chi connectivity index (χ3v) is 4.26. The molecular formula is C13H20N2O3S. The van der Waals surface area contributed by atoms with E-state index >= 15 is 0 Å². The van der Waals surface area contributed by atoms with E-state index in [4.69, 9.17) is 4.74 Å². The third-order valence-electron chi connectivity index (χ3n) is 3.13. The number of sulfone groups is 1. The van der Waals surface area contributed by atoms with Gasteiger partial charge in [0.15, 0.2) is 9.84 Å². The van der Waals surface area contributed by atoms with E-state index in [2.05, 4.69) is 17.6 Å². The highest BCUT2D eigenvalue weighted by Crippen LogP contribution is 2.16.